The number of benzene rings is 1. The molecule has 11 nitrogen and oxygen atoms in total. The van der Waals surface area contributed by atoms with Gasteiger partial charge in [-0.05, 0) is 19.1 Å². The maximum Gasteiger partial charge on any atom is 0.328 e. The summed E-state index contributed by atoms with van der Waals surface area (Å²) in [5.74, 6) is 1.01. The SMILES string of the molecule is COc1ccc(NC(=O)CSc2nnc(Cc3c(C)[nH]c(=O)n(C)c3=O)o2)c(OC)c1. The van der Waals surface area contributed by atoms with E-state index < -0.39 is 11.2 Å². The molecule has 31 heavy (non-hydrogen) atoms. The summed E-state index contributed by atoms with van der Waals surface area (Å²) in [6, 6.07) is 5.05. The lowest BCUT2D eigenvalue weighted by Crippen LogP contribution is -2.36. The Morgan fingerprint density at radius 3 is 2.74 bits per heavy atom. The van der Waals surface area contributed by atoms with Crippen LogP contribution in [0.3, 0.4) is 0 Å². The van der Waals surface area contributed by atoms with Gasteiger partial charge in [0, 0.05) is 24.4 Å². The summed E-state index contributed by atoms with van der Waals surface area (Å²) in [5, 5.41) is 10.7. The summed E-state index contributed by atoms with van der Waals surface area (Å²) in [6.07, 6.45) is 0.0675. The van der Waals surface area contributed by atoms with Crippen molar-refractivity contribution in [3.8, 4) is 11.5 Å². The van der Waals surface area contributed by atoms with Crippen molar-refractivity contribution in [1.29, 1.82) is 0 Å². The van der Waals surface area contributed by atoms with Gasteiger partial charge in [-0.15, -0.1) is 10.2 Å². The molecule has 3 rings (SSSR count). The van der Waals surface area contributed by atoms with Crippen molar-refractivity contribution in [2.45, 2.75) is 18.6 Å². The Labute approximate surface area is 180 Å². The highest BCUT2D eigenvalue weighted by molar-refractivity contribution is 7.99. The molecule has 1 aromatic carbocycles. The van der Waals surface area contributed by atoms with Crippen LogP contribution in [0.25, 0.3) is 0 Å². The number of hydrogen-bond donors (Lipinski definition) is 2. The van der Waals surface area contributed by atoms with Crippen LogP contribution in [-0.2, 0) is 18.3 Å². The number of amides is 1. The third-order valence-corrected chi connectivity index (χ3v) is 5.22. The summed E-state index contributed by atoms with van der Waals surface area (Å²) >= 11 is 1.06. The number of aromatic amines is 1. The largest absolute Gasteiger partial charge is 0.497 e. The van der Waals surface area contributed by atoms with Gasteiger partial charge in [0.25, 0.3) is 10.8 Å². The van der Waals surface area contributed by atoms with E-state index in [1.54, 1.807) is 32.2 Å². The van der Waals surface area contributed by atoms with E-state index in [9.17, 15) is 14.4 Å². The summed E-state index contributed by atoms with van der Waals surface area (Å²) in [5.41, 5.74) is 0.374. The molecule has 0 aliphatic heterocycles. The van der Waals surface area contributed by atoms with Crippen LogP contribution < -0.4 is 26.0 Å². The van der Waals surface area contributed by atoms with E-state index >= 15 is 0 Å². The van der Waals surface area contributed by atoms with Gasteiger partial charge in [-0.3, -0.25) is 14.2 Å². The second-order valence-corrected chi connectivity index (χ2v) is 7.37. The summed E-state index contributed by atoms with van der Waals surface area (Å²) in [6.45, 7) is 1.63. The fourth-order valence-electron chi connectivity index (χ4n) is 2.72. The molecular weight excluding hydrogens is 426 g/mol. The summed E-state index contributed by atoms with van der Waals surface area (Å²) in [4.78, 5) is 38.8. The van der Waals surface area contributed by atoms with Gasteiger partial charge in [-0.25, -0.2) is 4.79 Å². The van der Waals surface area contributed by atoms with Crippen LogP contribution in [0.15, 0.2) is 37.4 Å². The fraction of sp³-hybridized carbons (Fsp3) is 0.316. The van der Waals surface area contributed by atoms with Crippen LogP contribution in [0.4, 0.5) is 5.69 Å². The number of thioether (sulfide) groups is 1. The first-order valence-corrected chi connectivity index (χ1v) is 10.1. The van der Waals surface area contributed by atoms with E-state index in [4.69, 9.17) is 13.9 Å². The number of aromatic nitrogens is 4. The average molecular weight is 447 g/mol. The van der Waals surface area contributed by atoms with Gasteiger partial charge in [0.1, 0.15) is 11.5 Å². The van der Waals surface area contributed by atoms with E-state index in [2.05, 4.69) is 20.5 Å². The maximum absolute atomic E-state index is 12.3. The van der Waals surface area contributed by atoms with Crippen molar-refractivity contribution in [2.75, 3.05) is 25.3 Å². The molecule has 1 amide bonds. The Balaban J connectivity index is 1.62. The molecule has 0 unspecified atom stereocenters. The second-order valence-electron chi connectivity index (χ2n) is 6.44. The average Bonchev–Trinajstić information content (AvgIpc) is 3.21. The number of H-pyrrole nitrogens is 1. The Kier molecular flexibility index (Phi) is 6.80. The number of nitrogens with zero attached hydrogens (tertiary/aromatic N) is 3. The Bertz CT molecular complexity index is 1220. The van der Waals surface area contributed by atoms with Crippen LogP contribution in [0.5, 0.6) is 11.5 Å². The maximum atomic E-state index is 12.3. The van der Waals surface area contributed by atoms with Crippen LogP contribution in [0, 0.1) is 6.92 Å². The molecule has 0 bridgehead atoms. The molecule has 0 atom stereocenters. The molecular formula is C19H21N5O6S. The molecule has 2 N–H and O–H groups in total. The molecule has 0 radical (unpaired) electrons. The second kappa shape index (κ2) is 9.51. The summed E-state index contributed by atoms with van der Waals surface area (Å²) in [7, 11) is 4.42. The van der Waals surface area contributed by atoms with E-state index in [1.807, 2.05) is 0 Å². The van der Waals surface area contributed by atoms with Crippen LogP contribution >= 0.6 is 11.8 Å². The van der Waals surface area contributed by atoms with Gasteiger partial charge in [-0.1, -0.05) is 11.8 Å². The molecule has 0 saturated carbocycles. The fourth-order valence-corrected chi connectivity index (χ4v) is 3.30. The van der Waals surface area contributed by atoms with E-state index in [0.717, 1.165) is 16.3 Å². The van der Waals surface area contributed by atoms with Crippen molar-refractivity contribution < 1.29 is 18.7 Å². The van der Waals surface area contributed by atoms with E-state index in [1.165, 1.54) is 14.2 Å². The number of carbonyl (C=O) groups is 1. The van der Waals surface area contributed by atoms with Crippen molar-refractivity contribution in [3.63, 3.8) is 0 Å². The Morgan fingerprint density at radius 2 is 2.03 bits per heavy atom. The number of nitrogens with one attached hydrogen (secondary N) is 2. The molecule has 0 aliphatic rings. The summed E-state index contributed by atoms with van der Waals surface area (Å²) < 4.78 is 16.9. The highest BCUT2D eigenvalue weighted by atomic mass is 32.2. The first-order valence-electron chi connectivity index (χ1n) is 9.08. The van der Waals surface area contributed by atoms with E-state index in [0.29, 0.717) is 28.4 Å². The zero-order valence-corrected chi connectivity index (χ0v) is 18.2. The third-order valence-electron chi connectivity index (χ3n) is 4.40. The zero-order chi connectivity index (χ0) is 22.5. The minimum atomic E-state index is -0.493. The van der Waals surface area contributed by atoms with Gasteiger partial charge in [0.15, 0.2) is 0 Å². The molecule has 3 aromatic rings. The minimum absolute atomic E-state index is 0.0241. The number of methoxy groups -OCH3 is 2. The smallest absolute Gasteiger partial charge is 0.328 e. The molecule has 0 fully saturated rings. The van der Waals surface area contributed by atoms with Crippen molar-refractivity contribution in [3.05, 3.63) is 56.2 Å². The molecule has 12 heteroatoms. The van der Waals surface area contributed by atoms with Crippen molar-refractivity contribution in [1.82, 2.24) is 19.7 Å². The van der Waals surface area contributed by atoms with Crippen molar-refractivity contribution >= 4 is 23.4 Å². The topological polar surface area (TPSA) is 141 Å². The highest BCUT2D eigenvalue weighted by Gasteiger charge is 2.16. The molecule has 0 spiro atoms. The normalized spacial score (nSPS) is 10.7. The molecule has 2 heterocycles. The monoisotopic (exact) mass is 447 g/mol. The van der Waals surface area contributed by atoms with Gasteiger partial charge >= 0.3 is 5.69 Å². The van der Waals surface area contributed by atoms with Gasteiger partial charge < -0.3 is 24.2 Å². The lowest BCUT2D eigenvalue weighted by Gasteiger charge is -2.11. The zero-order valence-electron chi connectivity index (χ0n) is 17.3. The minimum Gasteiger partial charge on any atom is -0.497 e. The number of ether oxygens (including phenoxy) is 2. The number of anilines is 1. The molecule has 0 saturated heterocycles. The number of aryl methyl sites for hydroxylation is 1. The Hall–Kier alpha value is -3.54. The van der Waals surface area contributed by atoms with E-state index in [-0.39, 0.29) is 29.2 Å². The third kappa shape index (κ3) is 5.15. The first kappa shape index (κ1) is 22.2. The number of rotatable bonds is 8. The predicted molar refractivity (Wildman–Crippen MR) is 113 cm³/mol. The van der Waals surface area contributed by atoms with Crippen molar-refractivity contribution in [2.24, 2.45) is 7.05 Å². The molecule has 2 aromatic heterocycles. The molecule has 0 aliphatic carbocycles. The number of carbonyl (C=O) groups excluding carboxylic acids is 1. The lowest BCUT2D eigenvalue weighted by molar-refractivity contribution is -0.113. The number of hydrogen-bond acceptors (Lipinski definition) is 9. The van der Waals surface area contributed by atoms with Crippen LogP contribution in [-0.4, -0.2) is 45.6 Å². The lowest BCUT2D eigenvalue weighted by atomic mass is 10.2. The van der Waals surface area contributed by atoms with Gasteiger partial charge in [-0.2, -0.15) is 0 Å². The quantitative estimate of drug-likeness (QED) is 0.486. The van der Waals surface area contributed by atoms with Gasteiger partial charge in [0.05, 0.1) is 32.1 Å². The first-order chi connectivity index (χ1) is 14.8. The molecule has 164 valence electrons. The highest BCUT2D eigenvalue weighted by Crippen LogP contribution is 2.29. The van der Waals surface area contributed by atoms with Crippen LogP contribution in [0.1, 0.15) is 17.1 Å². The standard InChI is InChI=1S/C19H21N5O6S/c1-10-12(17(26)24(2)18(27)20-10)8-16-22-23-19(30-16)31-9-15(25)21-13-6-5-11(28-3)7-14(13)29-4/h5-7H,8-9H2,1-4H3,(H,20,27)(H,21,25). The predicted octanol–water partition coefficient (Wildman–Crippen LogP) is 1.10. The Morgan fingerprint density at radius 1 is 1.26 bits per heavy atom. The van der Waals surface area contributed by atoms with Gasteiger partial charge in [0.2, 0.25) is 11.8 Å². The van der Waals surface area contributed by atoms with Crippen LogP contribution in [0.2, 0.25) is 0 Å².